The first-order chi connectivity index (χ1) is 4.74. The third kappa shape index (κ3) is 1.27. The number of amides is 1. The van der Waals surface area contributed by atoms with Crippen molar-refractivity contribution in [2.24, 2.45) is 15.7 Å². The molecule has 0 radical (unpaired) electrons. The molecule has 0 aromatic heterocycles. The maximum absolute atomic E-state index is 10.7. The SMILES string of the molecule is CC1=NC(CCN)=NC1=O. The Balaban J connectivity index is 2.66. The van der Waals surface area contributed by atoms with E-state index in [-0.39, 0.29) is 5.91 Å². The predicted octanol–water partition coefficient (Wildman–Crippen LogP) is -0.265. The summed E-state index contributed by atoms with van der Waals surface area (Å²) in [7, 11) is 0. The fourth-order valence-electron chi connectivity index (χ4n) is 0.705. The van der Waals surface area contributed by atoms with E-state index in [1.165, 1.54) is 0 Å². The standard InChI is InChI=1S/C6H9N3O/c1-4-6(10)9-5(8-4)2-3-7/h2-3,7H2,1H3. The summed E-state index contributed by atoms with van der Waals surface area (Å²) in [6.07, 6.45) is 0.586. The zero-order valence-corrected chi connectivity index (χ0v) is 5.79. The van der Waals surface area contributed by atoms with Gasteiger partial charge in [0.1, 0.15) is 11.5 Å². The molecule has 1 heterocycles. The lowest BCUT2D eigenvalue weighted by Crippen LogP contribution is -2.04. The maximum atomic E-state index is 10.7. The number of hydrogen-bond donors (Lipinski definition) is 1. The fourth-order valence-corrected chi connectivity index (χ4v) is 0.705. The number of rotatable bonds is 2. The Kier molecular flexibility index (Phi) is 1.91. The van der Waals surface area contributed by atoms with E-state index >= 15 is 0 Å². The topological polar surface area (TPSA) is 67.8 Å². The van der Waals surface area contributed by atoms with Gasteiger partial charge in [-0.3, -0.25) is 4.79 Å². The molecule has 0 atom stereocenters. The molecule has 1 aliphatic heterocycles. The molecule has 0 fully saturated rings. The van der Waals surface area contributed by atoms with Gasteiger partial charge in [0, 0.05) is 6.42 Å². The second-order valence-corrected chi connectivity index (χ2v) is 2.07. The number of carbonyl (C=O) groups is 1. The van der Waals surface area contributed by atoms with Crippen LogP contribution in [-0.4, -0.2) is 24.0 Å². The van der Waals surface area contributed by atoms with Crippen molar-refractivity contribution in [3.05, 3.63) is 0 Å². The van der Waals surface area contributed by atoms with Crippen LogP contribution in [0.5, 0.6) is 0 Å². The van der Waals surface area contributed by atoms with Crippen LogP contribution < -0.4 is 5.73 Å². The van der Waals surface area contributed by atoms with Crippen molar-refractivity contribution < 1.29 is 4.79 Å². The molecule has 1 amide bonds. The molecule has 2 N–H and O–H groups in total. The van der Waals surface area contributed by atoms with E-state index < -0.39 is 0 Å². The summed E-state index contributed by atoms with van der Waals surface area (Å²) in [6.45, 7) is 2.14. The van der Waals surface area contributed by atoms with Crippen LogP contribution in [0.2, 0.25) is 0 Å². The van der Waals surface area contributed by atoms with E-state index in [1.54, 1.807) is 6.92 Å². The summed E-state index contributed by atoms with van der Waals surface area (Å²) in [5, 5.41) is 0. The number of hydrogen-bond acceptors (Lipinski definition) is 3. The summed E-state index contributed by atoms with van der Waals surface area (Å²) in [5.41, 5.74) is 5.70. The number of nitrogens with zero attached hydrogens (tertiary/aromatic N) is 2. The highest BCUT2D eigenvalue weighted by molar-refractivity contribution is 6.44. The van der Waals surface area contributed by atoms with Crippen molar-refractivity contribution in [3.63, 3.8) is 0 Å². The van der Waals surface area contributed by atoms with Crippen LogP contribution in [-0.2, 0) is 4.79 Å². The Bertz CT molecular complexity index is 217. The van der Waals surface area contributed by atoms with Crippen molar-refractivity contribution in [2.75, 3.05) is 6.54 Å². The van der Waals surface area contributed by atoms with E-state index in [4.69, 9.17) is 5.73 Å². The smallest absolute Gasteiger partial charge is 0.292 e. The zero-order valence-electron chi connectivity index (χ0n) is 5.79. The van der Waals surface area contributed by atoms with E-state index in [0.29, 0.717) is 24.5 Å². The molecule has 0 spiro atoms. The number of aliphatic imine (C=N–C) groups is 2. The summed E-state index contributed by atoms with van der Waals surface area (Å²) >= 11 is 0. The number of nitrogens with two attached hydrogens (primary N) is 1. The second kappa shape index (κ2) is 2.70. The summed E-state index contributed by atoms with van der Waals surface area (Å²) in [6, 6.07) is 0. The summed E-state index contributed by atoms with van der Waals surface area (Å²) in [4.78, 5) is 18.2. The minimum Gasteiger partial charge on any atom is -0.330 e. The van der Waals surface area contributed by atoms with Crippen molar-refractivity contribution in [1.82, 2.24) is 0 Å². The van der Waals surface area contributed by atoms with Crippen LogP contribution in [0.15, 0.2) is 9.98 Å². The average molecular weight is 139 g/mol. The Morgan fingerprint density at radius 3 is 2.60 bits per heavy atom. The first-order valence-corrected chi connectivity index (χ1v) is 3.11. The monoisotopic (exact) mass is 139 g/mol. The quantitative estimate of drug-likeness (QED) is 0.572. The molecule has 1 aliphatic rings. The molecular weight excluding hydrogens is 130 g/mol. The third-order valence-electron chi connectivity index (χ3n) is 1.20. The van der Waals surface area contributed by atoms with Crippen LogP contribution in [0.25, 0.3) is 0 Å². The Morgan fingerprint density at radius 1 is 1.50 bits per heavy atom. The van der Waals surface area contributed by atoms with Crippen molar-refractivity contribution in [3.8, 4) is 0 Å². The zero-order chi connectivity index (χ0) is 7.56. The maximum Gasteiger partial charge on any atom is 0.292 e. The van der Waals surface area contributed by atoms with E-state index in [9.17, 15) is 4.79 Å². The van der Waals surface area contributed by atoms with Gasteiger partial charge in [0.15, 0.2) is 0 Å². The van der Waals surface area contributed by atoms with E-state index in [1.807, 2.05) is 0 Å². The highest BCUT2D eigenvalue weighted by Gasteiger charge is 2.13. The Hall–Kier alpha value is -1.03. The van der Waals surface area contributed by atoms with E-state index in [2.05, 4.69) is 9.98 Å². The van der Waals surface area contributed by atoms with Gasteiger partial charge in [-0.05, 0) is 13.5 Å². The predicted molar refractivity (Wildman–Crippen MR) is 39.2 cm³/mol. The van der Waals surface area contributed by atoms with Gasteiger partial charge >= 0.3 is 0 Å². The minimum absolute atomic E-state index is 0.233. The lowest BCUT2D eigenvalue weighted by molar-refractivity contribution is -0.111. The molecule has 4 heteroatoms. The van der Waals surface area contributed by atoms with Crippen molar-refractivity contribution in [2.45, 2.75) is 13.3 Å². The molecule has 0 bridgehead atoms. The van der Waals surface area contributed by atoms with Crippen LogP contribution in [0, 0.1) is 0 Å². The van der Waals surface area contributed by atoms with Crippen molar-refractivity contribution >= 4 is 17.5 Å². The van der Waals surface area contributed by atoms with Gasteiger partial charge in [0.2, 0.25) is 0 Å². The van der Waals surface area contributed by atoms with Crippen molar-refractivity contribution in [1.29, 1.82) is 0 Å². The van der Waals surface area contributed by atoms with Crippen LogP contribution >= 0.6 is 0 Å². The van der Waals surface area contributed by atoms with Gasteiger partial charge < -0.3 is 5.73 Å². The Morgan fingerprint density at radius 2 is 2.20 bits per heavy atom. The molecule has 4 nitrogen and oxygen atoms in total. The summed E-state index contributed by atoms with van der Waals surface area (Å²) in [5.74, 6) is 0.327. The first kappa shape index (κ1) is 7.08. The van der Waals surface area contributed by atoms with Crippen LogP contribution in [0.4, 0.5) is 0 Å². The van der Waals surface area contributed by atoms with E-state index in [0.717, 1.165) is 0 Å². The molecule has 0 aliphatic carbocycles. The fraction of sp³-hybridized carbons (Fsp3) is 0.500. The first-order valence-electron chi connectivity index (χ1n) is 3.11. The lowest BCUT2D eigenvalue weighted by atomic mass is 10.4. The molecule has 54 valence electrons. The van der Waals surface area contributed by atoms with Gasteiger partial charge in [-0.2, -0.15) is 4.99 Å². The molecule has 1 rings (SSSR count). The van der Waals surface area contributed by atoms with Gasteiger partial charge in [-0.15, -0.1) is 0 Å². The molecular formula is C6H9N3O. The second-order valence-electron chi connectivity index (χ2n) is 2.07. The van der Waals surface area contributed by atoms with Crippen LogP contribution in [0.3, 0.4) is 0 Å². The molecule has 0 aromatic carbocycles. The van der Waals surface area contributed by atoms with Gasteiger partial charge in [0.05, 0.1) is 0 Å². The molecule has 10 heavy (non-hydrogen) atoms. The number of carbonyl (C=O) groups excluding carboxylic acids is 1. The van der Waals surface area contributed by atoms with Gasteiger partial charge in [-0.25, -0.2) is 4.99 Å². The highest BCUT2D eigenvalue weighted by atomic mass is 16.1. The normalized spacial score (nSPS) is 17.2. The largest absolute Gasteiger partial charge is 0.330 e. The third-order valence-corrected chi connectivity index (χ3v) is 1.20. The summed E-state index contributed by atoms with van der Waals surface area (Å²) < 4.78 is 0. The lowest BCUT2D eigenvalue weighted by Gasteiger charge is -1.87. The minimum atomic E-state index is -0.233. The molecule has 0 unspecified atom stereocenters. The van der Waals surface area contributed by atoms with Gasteiger partial charge in [-0.1, -0.05) is 0 Å². The van der Waals surface area contributed by atoms with Crippen LogP contribution in [0.1, 0.15) is 13.3 Å². The Labute approximate surface area is 58.9 Å². The molecule has 0 aromatic rings. The molecule has 0 saturated carbocycles. The molecule has 0 saturated heterocycles. The highest BCUT2D eigenvalue weighted by Crippen LogP contribution is 1.99. The average Bonchev–Trinajstić information content (AvgIpc) is 2.14. The van der Waals surface area contributed by atoms with Gasteiger partial charge in [0.25, 0.3) is 5.91 Å². The number of amidine groups is 1.